The van der Waals surface area contributed by atoms with E-state index in [1.165, 1.54) is 31.3 Å². The fourth-order valence-electron chi connectivity index (χ4n) is 2.40. The van der Waals surface area contributed by atoms with Crippen molar-refractivity contribution in [3.05, 3.63) is 29.8 Å². The maximum atomic E-state index is 12.6. The Labute approximate surface area is 136 Å². The molecule has 128 valence electrons. The van der Waals surface area contributed by atoms with E-state index in [1.54, 1.807) is 6.92 Å². The van der Waals surface area contributed by atoms with E-state index in [0.29, 0.717) is 6.42 Å². The van der Waals surface area contributed by atoms with E-state index in [1.807, 2.05) is 0 Å². The fourth-order valence-corrected chi connectivity index (χ4v) is 5.66. The average Bonchev–Trinajstić information content (AvgIpc) is 2.87. The molecule has 9 heteroatoms. The van der Waals surface area contributed by atoms with Gasteiger partial charge in [0, 0.05) is 13.1 Å². The summed E-state index contributed by atoms with van der Waals surface area (Å²) in [6.45, 7) is 1.92. The number of sulfone groups is 1. The number of hydrogen-bond acceptors (Lipinski definition) is 6. The fraction of sp³-hybridized carbons (Fsp3) is 0.500. The van der Waals surface area contributed by atoms with Gasteiger partial charge in [-0.25, -0.2) is 21.6 Å². The number of hydrogen-bond donors (Lipinski definition) is 0. The van der Waals surface area contributed by atoms with E-state index in [9.17, 15) is 21.6 Å². The summed E-state index contributed by atoms with van der Waals surface area (Å²) in [5.74, 6) is -0.685. The molecule has 1 atom stereocenters. The van der Waals surface area contributed by atoms with E-state index in [2.05, 4.69) is 0 Å². The molecule has 7 nitrogen and oxygen atoms in total. The van der Waals surface area contributed by atoms with Gasteiger partial charge in [0.25, 0.3) is 0 Å². The molecule has 1 aromatic carbocycles. The summed E-state index contributed by atoms with van der Waals surface area (Å²) in [6.07, 6.45) is 0.291. The van der Waals surface area contributed by atoms with Gasteiger partial charge in [0.1, 0.15) is 0 Å². The molecule has 1 unspecified atom stereocenters. The van der Waals surface area contributed by atoms with Crippen molar-refractivity contribution in [2.24, 2.45) is 0 Å². The molecular weight excluding hydrogens is 342 g/mol. The molecule has 0 N–H and O–H groups in total. The van der Waals surface area contributed by atoms with Gasteiger partial charge >= 0.3 is 5.97 Å². The summed E-state index contributed by atoms with van der Waals surface area (Å²) >= 11 is 0. The molecule has 0 amide bonds. The summed E-state index contributed by atoms with van der Waals surface area (Å²) in [5, 5.41) is 0. The van der Waals surface area contributed by atoms with Crippen LogP contribution in [0.15, 0.2) is 29.2 Å². The molecule has 0 aliphatic carbocycles. The lowest BCUT2D eigenvalue weighted by molar-refractivity contribution is 0.0526. The SMILES string of the molecule is CCOC(=O)c1ccc(S(=O)(=O)N(C)C2CCS(=O)(=O)C2)cc1. The van der Waals surface area contributed by atoms with Gasteiger partial charge in [0.2, 0.25) is 10.0 Å². The van der Waals surface area contributed by atoms with Gasteiger partial charge in [0.05, 0.1) is 28.6 Å². The van der Waals surface area contributed by atoms with E-state index in [-0.39, 0.29) is 28.6 Å². The zero-order valence-electron chi connectivity index (χ0n) is 12.9. The second-order valence-electron chi connectivity index (χ2n) is 5.32. The van der Waals surface area contributed by atoms with Crippen molar-refractivity contribution in [2.75, 3.05) is 25.2 Å². The first-order valence-corrected chi connectivity index (χ1v) is 10.4. The van der Waals surface area contributed by atoms with Gasteiger partial charge in [0.15, 0.2) is 9.84 Å². The van der Waals surface area contributed by atoms with Gasteiger partial charge in [-0.1, -0.05) is 0 Å². The van der Waals surface area contributed by atoms with Crippen LogP contribution in [0.1, 0.15) is 23.7 Å². The molecule has 2 rings (SSSR count). The van der Waals surface area contributed by atoms with Crippen LogP contribution in [-0.2, 0) is 24.6 Å². The zero-order chi connectivity index (χ0) is 17.3. The predicted molar refractivity (Wildman–Crippen MR) is 84.4 cm³/mol. The summed E-state index contributed by atoms with van der Waals surface area (Å²) in [4.78, 5) is 11.6. The van der Waals surface area contributed by atoms with E-state index >= 15 is 0 Å². The number of carbonyl (C=O) groups excluding carboxylic acids is 1. The average molecular weight is 361 g/mol. The van der Waals surface area contributed by atoms with Crippen LogP contribution in [0.25, 0.3) is 0 Å². The van der Waals surface area contributed by atoms with Crippen LogP contribution < -0.4 is 0 Å². The minimum absolute atomic E-state index is 0.000672. The molecule has 1 aliphatic heterocycles. The van der Waals surface area contributed by atoms with Gasteiger partial charge in [-0.2, -0.15) is 4.31 Å². The lowest BCUT2D eigenvalue weighted by Crippen LogP contribution is -2.37. The monoisotopic (exact) mass is 361 g/mol. The first-order chi connectivity index (χ1) is 10.7. The predicted octanol–water partition coefficient (Wildman–Crippen LogP) is 0.671. The van der Waals surface area contributed by atoms with E-state index in [0.717, 1.165) is 4.31 Å². The summed E-state index contributed by atoms with van der Waals surface area (Å²) < 4.78 is 54.1. The van der Waals surface area contributed by atoms with E-state index in [4.69, 9.17) is 4.74 Å². The van der Waals surface area contributed by atoms with Crippen LogP contribution in [0, 0.1) is 0 Å². The number of nitrogens with zero attached hydrogens (tertiary/aromatic N) is 1. The molecule has 23 heavy (non-hydrogen) atoms. The Morgan fingerprint density at radius 2 is 1.91 bits per heavy atom. The lowest BCUT2D eigenvalue weighted by atomic mass is 10.2. The van der Waals surface area contributed by atoms with Gasteiger partial charge < -0.3 is 4.74 Å². The molecular formula is C14H19NO6S2. The maximum absolute atomic E-state index is 12.6. The molecule has 1 aliphatic rings. The molecule has 0 radical (unpaired) electrons. The lowest BCUT2D eigenvalue weighted by Gasteiger charge is -2.22. The molecule has 0 aromatic heterocycles. The zero-order valence-corrected chi connectivity index (χ0v) is 14.6. The van der Waals surface area contributed by atoms with Crippen molar-refractivity contribution in [1.29, 1.82) is 0 Å². The number of esters is 1. The standard InChI is InChI=1S/C14H19NO6S2/c1-3-21-14(16)11-4-6-13(7-5-11)23(19,20)15(2)12-8-9-22(17,18)10-12/h4-7,12H,3,8-10H2,1-2H3. The van der Waals surface area contributed by atoms with Gasteiger partial charge in [-0.15, -0.1) is 0 Å². The Morgan fingerprint density at radius 1 is 1.30 bits per heavy atom. The first-order valence-electron chi connectivity index (χ1n) is 7.13. The highest BCUT2D eigenvalue weighted by molar-refractivity contribution is 7.92. The Kier molecular flexibility index (Phi) is 5.12. The van der Waals surface area contributed by atoms with Crippen molar-refractivity contribution < 1.29 is 26.4 Å². The normalized spacial score (nSPS) is 20.6. The first kappa shape index (κ1) is 17.9. The molecule has 0 bridgehead atoms. The quantitative estimate of drug-likeness (QED) is 0.715. The Hall–Kier alpha value is -1.45. The van der Waals surface area contributed by atoms with Crippen molar-refractivity contribution in [3.63, 3.8) is 0 Å². The topological polar surface area (TPSA) is 97.8 Å². The smallest absolute Gasteiger partial charge is 0.338 e. The second kappa shape index (κ2) is 6.58. The van der Waals surface area contributed by atoms with Crippen LogP contribution in [0.3, 0.4) is 0 Å². The van der Waals surface area contributed by atoms with Gasteiger partial charge in [-0.05, 0) is 37.6 Å². The van der Waals surface area contributed by atoms with Crippen LogP contribution >= 0.6 is 0 Å². The largest absolute Gasteiger partial charge is 0.462 e. The third-order valence-corrected chi connectivity index (χ3v) is 7.44. The summed E-state index contributed by atoms with van der Waals surface area (Å²) in [5.41, 5.74) is 0.261. The van der Waals surface area contributed by atoms with Crippen molar-refractivity contribution >= 4 is 25.8 Å². The third-order valence-electron chi connectivity index (χ3n) is 3.77. The van der Waals surface area contributed by atoms with Crippen molar-refractivity contribution in [3.8, 4) is 0 Å². The summed E-state index contributed by atoms with van der Waals surface area (Å²) in [6, 6.07) is 4.84. The highest BCUT2D eigenvalue weighted by Gasteiger charge is 2.36. The van der Waals surface area contributed by atoms with Crippen molar-refractivity contribution in [2.45, 2.75) is 24.3 Å². The molecule has 1 saturated heterocycles. The third kappa shape index (κ3) is 3.91. The number of benzene rings is 1. The van der Waals surface area contributed by atoms with Crippen LogP contribution in [0.5, 0.6) is 0 Å². The minimum Gasteiger partial charge on any atom is -0.462 e. The van der Waals surface area contributed by atoms with Gasteiger partial charge in [-0.3, -0.25) is 0 Å². The number of ether oxygens (including phenoxy) is 1. The van der Waals surface area contributed by atoms with Crippen LogP contribution in [0.2, 0.25) is 0 Å². The highest BCUT2D eigenvalue weighted by atomic mass is 32.2. The number of sulfonamides is 1. The Bertz CT molecular complexity index is 783. The van der Waals surface area contributed by atoms with E-state index < -0.39 is 31.9 Å². The van der Waals surface area contributed by atoms with Crippen LogP contribution in [-0.4, -0.2) is 58.3 Å². The molecule has 1 fully saturated rings. The minimum atomic E-state index is -3.81. The molecule has 0 saturated carbocycles. The van der Waals surface area contributed by atoms with Crippen molar-refractivity contribution in [1.82, 2.24) is 4.31 Å². The van der Waals surface area contributed by atoms with Crippen LogP contribution in [0.4, 0.5) is 0 Å². The summed E-state index contributed by atoms with van der Waals surface area (Å²) in [7, 11) is -5.61. The highest BCUT2D eigenvalue weighted by Crippen LogP contribution is 2.23. The Morgan fingerprint density at radius 3 is 2.39 bits per heavy atom. The number of carbonyl (C=O) groups is 1. The molecule has 1 aromatic rings. The Balaban J connectivity index is 2.21. The second-order valence-corrected chi connectivity index (χ2v) is 9.55. The number of rotatable bonds is 5. The molecule has 0 spiro atoms. The molecule has 1 heterocycles. The maximum Gasteiger partial charge on any atom is 0.338 e.